The Bertz CT molecular complexity index is 413. The van der Waals surface area contributed by atoms with Crippen LogP contribution in [0.1, 0.15) is 44.1 Å². The molecule has 1 fully saturated rings. The molecule has 1 aliphatic carbocycles. The van der Waals surface area contributed by atoms with Gasteiger partial charge < -0.3 is 9.47 Å². The summed E-state index contributed by atoms with van der Waals surface area (Å²) in [4.78, 5) is 0. The summed E-state index contributed by atoms with van der Waals surface area (Å²) in [6, 6.07) is 6.19. The van der Waals surface area contributed by atoms with Gasteiger partial charge in [0, 0.05) is 11.5 Å². The van der Waals surface area contributed by atoms with Crippen LogP contribution in [0, 0.1) is 0 Å². The van der Waals surface area contributed by atoms with Crippen LogP contribution in [0.5, 0.6) is 11.5 Å². The molecule has 3 rings (SSSR count). The van der Waals surface area contributed by atoms with Gasteiger partial charge in [-0.15, -0.1) is 0 Å². The number of rotatable bonds is 1. The molecule has 0 N–H and O–H groups in total. The summed E-state index contributed by atoms with van der Waals surface area (Å²) in [5.74, 6) is 2.57. The van der Waals surface area contributed by atoms with Crippen molar-refractivity contribution < 1.29 is 9.47 Å². The van der Waals surface area contributed by atoms with Crippen LogP contribution in [-0.4, -0.2) is 12.7 Å². The number of hydrogen-bond donors (Lipinski definition) is 0. The Morgan fingerprint density at radius 1 is 1.38 bits per heavy atom. The first-order chi connectivity index (χ1) is 7.73. The normalized spacial score (nSPS) is 31.5. The first kappa shape index (κ1) is 10.0. The Balaban J connectivity index is 2.04. The Labute approximate surface area is 96.6 Å². The van der Waals surface area contributed by atoms with Crippen molar-refractivity contribution in [1.29, 1.82) is 0 Å². The SMILES string of the molecule is COc1ccc2c(c1)[C@@H]1CCCC[C@]1(C)O2. The van der Waals surface area contributed by atoms with E-state index in [0.29, 0.717) is 5.92 Å². The molecule has 16 heavy (non-hydrogen) atoms. The summed E-state index contributed by atoms with van der Waals surface area (Å²) in [6.45, 7) is 2.25. The van der Waals surface area contributed by atoms with Gasteiger partial charge in [-0.05, 0) is 44.4 Å². The predicted molar refractivity (Wildman–Crippen MR) is 63.2 cm³/mol. The number of ether oxygens (including phenoxy) is 2. The fourth-order valence-corrected chi connectivity index (χ4v) is 3.18. The first-order valence-electron chi connectivity index (χ1n) is 6.10. The van der Waals surface area contributed by atoms with Gasteiger partial charge in [0.15, 0.2) is 0 Å². The van der Waals surface area contributed by atoms with Gasteiger partial charge in [-0.3, -0.25) is 0 Å². The molecule has 2 atom stereocenters. The lowest BCUT2D eigenvalue weighted by atomic mass is 9.75. The largest absolute Gasteiger partial charge is 0.497 e. The molecular weight excluding hydrogens is 200 g/mol. The van der Waals surface area contributed by atoms with Crippen LogP contribution < -0.4 is 9.47 Å². The van der Waals surface area contributed by atoms with Gasteiger partial charge in [-0.1, -0.05) is 6.42 Å². The molecule has 0 bridgehead atoms. The highest BCUT2D eigenvalue weighted by Crippen LogP contribution is 2.52. The van der Waals surface area contributed by atoms with E-state index < -0.39 is 0 Å². The Hall–Kier alpha value is -1.18. The topological polar surface area (TPSA) is 18.5 Å². The molecule has 1 saturated carbocycles. The highest BCUT2D eigenvalue weighted by Gasteiger charge is 2.45. The summed E-state index contributed by atoms with van der Waals surface area (Å²) in [5, 5.41) is 0. The van der Waals surface area contributed by atoms with E-state index in [4.69, 9.17) is 9.47 Å². The van der Waals surface area contributed by atoms with E-state index in [0.717, 1.165) is 11.5 Å². The molecule has 2 heteroatoms. The van der Waals surface area contributed by atoms with Crippen molar-refractivity contribution >= 4 is 0 Å². The average Bonchev–Trinajstić information content (AvgIpc) is 2.60. The van der Waals surface area contributed by atoms with Crippen molar-refractivity contribution in [1.82, 2.24) is 0 Å². The molecule has 0 unspecified atom stereocenters. The van der Waals surface area contributed by atoms with Crippen molar-refractivity contribution in [2.24, 2.45) is 0 Å². The first-order valence-corrected chi connectivity index (χ1v) is 6.10. The standard InChI is InChI=1S/C14H18O2/c1-14-8-4-3-5-12(14)11-9-10(15-2)6-7-13(11)16-14/h6-7,9,12H,3-5,8H2,1-2H3/t12-,14-/m0/s1. The summed E-state index contributed by atoms with van der Waals surface area (Å²) in [5.41, 5.74) is 1.38. The molecule has 2 aliphatic rings. The third kappa shape index (κ3) is 1.32. The fourth-order valence-electron chi connectivity index (χ4n) is 3.18. The zero-order chi connectivity index (χ0) is 11.2. The summed E-state index contributed by atoms with van der Waals surface area (Å²) >= 11 is 0. The second-order valence-corrected chi connectivity index (χ2v) is 5.12. The van der Waals surface area contributed by atoms with Gasteiger partial charge in [0.2, 0.25) is 0 Å². The maximum absolute atomic E-state index is 6.14. The van der Waals surface area contributed by atoms with Crippen LogP contribution in [0.4, 0.5) is 0 Å². The van der Waals surface area contributed by atoms with E-state index in [9.17, 15) is 0 Å². The van der Waals surface area contributed by atoms with E-state index in [1.807, 2.05) is 6.07 Å². The minimum absolute atomic E-state index is 0.0347. The fraction of sp³-hybridized carbons (Fsp3) is 0.571. The molecule has 0 spiro atoms. The third-order valence-electron chi connectivity index (χ3n) is 4.09. The van der Waals surface area contributed by atoms with Crippen LogP contribution in [0.2, 0.25) is 0 Å². The third-order valence-corrected chi connectivity index (χ3v) is 4.09. The van der Waals surface area contributed by atoms with Gasteiger partial charge in [-0.2, -0.15) is 0 Å². The van der Waals surface area contributed by atoms with E-state index in [1.165, 1.54) is 31.2 Å². The minimum atomic E-state index is 0.0347. The molecule has 0 saturated heterocycles. The van der Waals surface area contributed by atoms with Crippen molar-refractivity contribution in [2.75, 3.05) is 7.11 Å². The molecule has 2 nitrogen and oxygen atoms in total. The smallest absolute Gasteiger partial charge is 0.124 e. The van der Waals surface area contributed by atoms with Gasteiger partial charge in [-0.25, -0.2) is 0 Å². The number of benzene rings is 1. The Morgan fingerprint density at radius 3 is 3.06 bits per heavy atom. The number of methoxy groups -OCH3 is 1. The second-order valence-electron chi connectivity index (χ2n) is 5.12. The monoisotopic (exact) mass is 218 g/mol. The molecular formula is C14H18O2. The highest BCUT2D eigenvalue weighted by molar-refractivity contribution is 5.47. The Kier molecular flexibility index (Phi) is 2.13. The summed E-state index contributed by atoms with van der Waals surface area (Å²) in [7, 11) is 1.72. The molecule has 1 aromatic carbocycles. The lowest BCUT2D eigenvalue weighted by Crippen LogP contribution is -2.36. The van der Waals surface area contributed by atoms with Gasteiger partial charge in [0.1, 0.15) is 17.1 Å². The van der Waals surface area contributed by atoms with E-state index in [2.05, 4.69) is 19.1 Å². The Morgan fingerprint density at radius 2 is 2.25 bits per heavy atom. The van der Waals surface area contributed by atoms with Crippen LogP contribution in [0.3, 0.4) is 0 Å². The molecule has 86 valence electrons. The lowest BCUT2D eigenvalue weighted by molar-refractivity contribution is 0.0548. The second kappa shape index (κ2) is 3.41. The molecule has 0 aromatic heterocycles. The molecule has 1 aromatic rings. The number of hydrogen-bond acceptors (Lipinski definition) is 2. The van der Waals surface area contributed by atoms with Crippen molar-refractivity contribution in [3.8, 4) is 11.5 Å². The van der Waals surface area contributed by atoms with Crippen LogP contribution in [0.15, 0.2) is 18.2 Å². The summed E-state index contributed by atoms with van der Waals surface area (Å²) in [6.07, 6.45) is 5.03. The van der Waals surface area contributed by atoms with Crippen LogP contribution in [0.25, 0.3) is 0 Å². The minimum Gasteiger partial charge on any atom is -0.497 e. The van der Waals surface area contributed by atoms with E-state index >= 15 is 0 Å². The predicted octanol–water partition coefficient (Wildman–Crippen LogP) is 3.50. The van der Waals surface area contributed by atoms with Gasteiger partial charge in [0.05, 0.1) is 7.11 Å². The summed E-state index contributed by atoms with van der Waals surface area (Å²) < 4.78 is 11.4. The van der Waals surface area contributed by atoms with Crippen molar-refractivity contribution in [2.45, 2.75) is 44.1 Å². The number of fused-ring (bicyclic) bond motifs is 3. The maximum Gasteiger partial charge on any atom is 0.124 e. The zero-order valence-corrected chi connectivity index (χ0v) is 9.95. The molecule has 0 radical (unpaired) electrons. The van der Waals surface area contributed by atoms with Crippen LogP contribution >= 0.6 is 0 Å². The molecule has 1 aliphatic heterocycles. The lowest BCUT2D eigenvalue weighted by Gasteiger charge is -2.34. The van der Waals surface area contributed by atoms with Crippen molar-refractivity contribution in [3.05, 3.63) is 23.8 Å². The highest BCUT2D eigenvalue weighted by atomic mass is 16.5. The zero-order valence-electron chi connectivity index (χ0n) is 9.95. The van der Waals surface area contributed by atoms with E-state index in [-0.39, 0.29) is 5.60 Å². The average molecular weight is 218 g/mol. The van der Waals surface area contributed by atoms with Crippen molar-refractivity contribution in [3.63, 3.8) is 0 Å². The van der Waals surface area contributed by atoms with E-state index in [1.54, 1.807) is 7.11 Å². The quantitative estimate of drug-likeness (QED) is 0.718. The molecule has 0 amide bonds. The van der Waals surface area contributed by atoms with Crippen LogP contribution in [-0.2, 0) is 0 Å². The maximum atomic E-state index is 6.14. The van der Waals surface area contributed by atoms with Gasteiger partial charge >= 0.3 is 0 Å². The molecule has 1 heterocycles. The van der Waals surface area contributed by atoms with Gasteiger partial charge in [0.25, 0.3) is 0 Å².